The van der Waals surface area contributed by atoms with Gasteiger partial charge in [0.15, 0.2) is 0 Å². The molecule has 1 aliphatic heterocycles. The monoisotopic (exact) mass is 281 g/mol. The van der Waals surface area contributed by atoms with Crippen LogP contribution in [-0.4, -0.2) is 48.3 Å². The Balaban J connectivity index is 1.83. The van der Waals surface area contributed by atoms with Gasteiger partial charge < -0.3 is 19.7 Å². The minimum absolute atomic E-state index is 0.135. The van der Waals surface area contributed by atoms with E-state index in [0.29, 0.717) is 18.4 Å². The van der Waals surface area contributed by atoms with Gasteiger partial charge in [-0.15, -0.1) is 0 Å². The number of rotatable bonds is 5. The minimum Gasteiger partial charge on any atom is -0.493 e. The molecule has 0 saturated carbocycles. The van der Waals surface area contributed by atoms with Crippen LogP contribution in [0.5, 0.6) is 5.75 Å². The summed E-state index contributed by atoms with van der Waals surface area (Å²) in [6, 6.07) is 4.62. The normalized spacial score (nSPS) is 19.9. The Morgan fingerprint density at radius 3 is 2.85 bits per heavy atom. The predicted molar refractivity (Wildman–Crippen MR) is 76.6 cm³/mol. The first-order valence-electron chi connectivity index (χ1n) is 7.06. The molecule has 110 valence electrons. The zero-order valence-electron chi connectivity index (χ0n) is 11.8. The second-order valence-electron chi connectivity index (χ2n) is 5.32. The van der Waals surface area contributed by atoms with Crippen molar-refractivity contribution >= 4 is 12.6 Å². The van der Waals surface area contributed by atoms with Gasteiger partial charge in [0.25, 0.3) is 0 Å². The summed E-state index contributed by atoms with van der Waals surface area (Å²) in [5, 5.41) is 17.9. The third-order valence-electron chi connectivity index (χ3n) is 3.89. The minimum atomic E-state index is -1.79. The molecule has 20 heavy (non-hydrogen) atoms. The number of ether oxygens (including phenoxy) is 1. The second-order valence-corrected chi connectivity index (χ2v) is 5.32. The van der Waals surface area contributed by atoms with E-state index in [1.807, 2.05) is 0 Å². The van der Waals surface area contributed by atoms with E-state index in [0.717, 1.165) is 13.0 Å². The van der Waals surface area contributed by atoms with Gasteiger partial charge in [0.05, 0.1) is 6.61 Å². The molecule has 2 N–H and O–H groups in total. The molecule has 1 fully saturated rings. The van der Waals surface area contributed by atoms with Crippen molar-refractivity contribution in [2.24, 2.45) is 0 Å². The van der Waals surface area contributed by atoms with Crippen molar-refractivity contribution in [3.05, 3.63) is 24.0 Å². The van der Waals surface area contributed by atoms with E-state index in [-0.39, 0.29) is 5.46 Å². The van der Waals surface area contributed by atoms with Gasteiger partial charge >= 0.3 is 7.12 Å². The summed E-state index contributed by atoms with van der Waals surface area (Å²) in [7, 11) is 0.334. The molecule has 0 spiro atoms. The fourth-order valence-electron chi connectivity index (χ4n) is 2.63. The van der Waals surface area contributed by atoms with E-state index in [4.69, 9.17) is 14.8 Å². The maximum absolute atomic E-state index is 13.5. The molecular weight excluding hydrogens is 260 g/mol. The largest absolute Gasteiger partial charge is 0.493 e. The predicted octanol–water partition coefficient (Wildman–Crippen LogP) is 0.759. The van der Waals surface area contributed by atoms with Gasteiger partial charge in [-0.05, 0) is 38.9 Å². The van der Waals surface area contributed by atoms with Crippen molar-refractivity contribution < 1.29 is 19.2 Å². The van der Waals surface area contributed by atoms with Crippen molar-refractivity contribution in [3.8, 4) is 5.75 Å². The molecule has 1 saturated heterocycles. The van der Waals surface area contributed by atoms with E-state index in [2.05, 4.69) is 11.9 Å². The number of hydrogen-bond donors (Lipinski definition) is 2. The molecular formula is C14H21BFNO3. The third kappa shape index (κ3) is 3.94. The lowest BCUT2D eigenvalue weighted by molar-refractivity contribution is 0.153. The van der Waals surface area contributed by atoms with Gasteiger partial charge in [-0.2, -0.15) is 0 Å². The molecule has 6 heteroatoms. The maximum atomic E-state index is 13.5. The maximum Gasteiger partial charge on any atom is 0.491 e. The summed E-state index contributed by atoms with van der Waals surface area (Å²) in [4.78, 5) is 2.35. The fourth-order valence-corrected chi connectivity index (χ4v) is 2.63. The molecule has 1 unspecified atom stereocenters. The molecule has 4 nitrogen and oxygen atoms in total. The molecule has 1 aromatic rings. The zero-order valence-corrected chi connectivity index (χ0v) is 11.8. The number of nitrogens with zero attached hydrogens (tertiary/aromatic N) is 1. The Labute approximate surface area is 119 Å². The average molecular weight is 281 g/mol. The Morgan fingerprint density at radius 2 is 2.20 bits per heavy atom. The SMILES string of the molecule is CN1CCCCC1CCOc1ccc(B(O)O)c(F)c1. The van der Waals surface area contributed by atoms with Crippen LogP contribution in [0.15, 0.2) is 18.2 Å². The van der Waals surface area contributed by atoms with E-state index in [9.17, 15) is 4.39 Å². The third-order valence-corrected chi connectivity index (χ3v) is 3.89. The Morgan fingerprint density at radius 1 is 1.40 bits per heavy atom. The zero-order chi connectivity index (χ0) is 14.5. The first-order chi connectivity index (χ1) is 9.58. The molecule has 0 aliphatic carbocycles. The molecule has 1 heterocycles. The van der Waals surface area contributed by atoms with Gasteiger partial charge in [0, 0.05) is 17.6 Å². The molecule has 1 aromatic carbocycles. The van der Waals surface area contributed by atoms with Gasteiger partial charge in [-0.25, -0.2) is 4.39 Å². The summed E-state index contributed by atoms with van der Waals surface area (Å²) in [6.07, 6.45) is 4.61. The lowest BCUT2D eigenvalue weighted by Gasteiger charge is -2.32. The van der Waals surface area contributed by atoms with Crippen LogP contribution in [0.3, 0.4) is 0 Å². The van der Waals surface area contributed by atoms with Crippen LogP contribution in [0.2, 0.25) is 0 Å². The highest BCUT2D eigenvalue weighted by molar-refractivity contribution is 6.58. The van der Waals surface area contributed by atoms with Gasteiger partial charge in [-0.3, -0.25) is 0 Å². The first-order valence-corrected chi connectivity index (χ1v) is 7.06. The van der Waals surface area contributed by atoms with E-state index >= 15 is 0 Å². The molecule has 0 amide bonds. The Hall–Kier alpha value is -1.11. The molecule has 1 aliphatic rings. The van der Waals surface area contributed by atoms with Crippen LogP contribution >= 0.6 is 0 Å². The number of halogens is 1. The first kappa shape index (κ1) is 15.3. The van der Waals surface area contributed by atoms with Crippen molar-refractivity contribution in [2.75, 3.05) is 20.2 Å². The van der Waals surface area contributed by atoms with Gasteiger partial charge in [0.1, 0.15) is 11.6 Å². The fraction of sp³-hybridized carbons (Fsp3) is 0.571. The molecule has 1 atom stereocenters. The summed E-state index contributed by atoms with van der Waals surface area (Å²) in [5.41, 5.74) is -0.135. The van der Waals surface area contributed by atoms with Crippen LogP contribution < -0.4 is 10.2 Å². The Kier molecular flexibility index (Phi) is 5.40. The highest BCUT2D eigenvalue weighted by atomic mass is 19.1. The van der Waals surface area contributed by atoms with Crippen LogP contribution in [0.1, 0.15) is 25.7 Å². The second kappa shape index (κ2) is 7.06. The van der Waals surface area contributed by atoms with Crippen LogP contribution in [-0.2, 0) is 0 Å². The summed E-state index contributed by atoms with van der Waals surface area (Å²) in [6.45, 7) is 1.66. The topological polar surface area (TPSA) is 52.9 Å². The lowest BCUT2D eigenvalue weighted by atomic mass is 9.80. The Bertz CT molecular complexity index is 444. The molecule has 2 rings (SSSR count). The smallest absolute Gasteiger partial charge is 0.491 e. The van der Waals surface area contributed by atoms with Crippen LogP contribution in [0.25, 0.3) is 0 Å². The van der Waals surface area contributed by atoms with E-state index in [1.54, 1.807) is 6.07 Å². The number of hydrogen-bond acceptors (Lipinski definition) is 4. The van der Waals surface area contributed by atoms with Crippen molar-refractivity contribution in [1.82, 2.24) is 4.90 Å². The highest BCUT2D eigenvalue weighted by Gasteiger charge is 2.19. The number of benzene rings is 1. The van der Waals surface area contributed by atoms with Crippen LogP contribution in [0, 0.1) is 5.82 Å². The quantitative estimate of drug-likeness (QED) is 0.782. The molecule has 0 radical (unpaired) electrons. The number of piperidine rings is 1. The van der Waals surface area contributed by atoms with E-state index < -0.39 is 12.9 Å². The lowest BCUT2D eigenvalue weighted by Crippen LogP contribution is -2.37. The summed E-state index contributed by atoms with van der Waals surface area (Å²) >= 11 is 0. The van der Waals surface area contributed by atoms with Gasteiger partial charge in [0.2, 0.25) is 0 Å². The number of likely N-dealkylation sites (tertiary alicyclic amines) is 1. The van der Waals surface area contributed by atoms with Crippen molar-refractivity contribution in [3.63, 3.8) is 0 Å². The summed E-state index contributed by atoms with van der Waals surface area (Å²) < 4.78 is 19.1. The van der Waals surface area contributed by atoms with Crippen molar-refractivity contribution in [2.45, 2.75) is 31.7 Å². The highest BCUT2D eigenvalue weighted by Crippen LogP contribution is 2.18. The standard InChI is InChI=1S/C14H21BFNO3/c1-17-8-3-2-4-11(17)7-9-20-12-5-6-13(15(18)19)14(16)10-12/h5-6,10-11,18-19H,2-4,7-9H2,1H3. The van der Waals surface area contributed by atoms with Gasteiger partial charge in [-0.1, -0.05) is 12.5 Å². The molecule has 0 aromatic heterocycles. The van der Waals surface area contributed by atoms with E-state index in [1.165, 1.54) is 31.4 Å². The van der Waals surface area contributed by atoms with Crippen molar-refractivity contribution in [1.29, 1.82) is 0 Å². The van der Waals surface area contributed by atoms with Crippen LogP contribution in [0.4, 0.5) is 4.39 Å². The molecule has 0 bridgehead atoms. The average Bonchev–Trinajstić information content (AvgIpc) is 2.40. The summed E-state index contributed by atoms with van der Waals surface area (Å²) in [5.74, 6) is -0.238.